The number of aromatic amines is 1. The molecule has 8 heteroatoms. The number of nitrogens with zero attached hydrogens (tertiary/aromatic N) is 3. The molecule has 0 bridgehead atoms. The second kappa shape index (κ2) is 7.09. The van der Waals surface area contributed by atoms with Gasteiger partial charge in [0.25, 0.3) is 0 Å². The van der Waals surface area contributed by atoms with Crippen LogP contribution < -0.4 is 9.80 Å². The highest BCUT2D eigenvalue weighted by atomic mass is 19.2. The van der Waals surface area contributed by atoms with Gasteiger partial charge in [-0.3, -0.25) is 5.10 Å². The van der Waals surface area contributed by atoms with Crippen LogP contribution in [-0.4, -0.2) is 33.9 Å². The van der Waals surface area contributed by atoms with Gasteiger partial charge in [-0.25, -0.2) is 13.6 Å². The molecule has 0 aliphatic carbocycles. The summed E-state index contributed by atoms with van der Waals surface area (Å²) in [7, 11) is 0. The molecule has 156 valence electrons. The lowest BCUT2D eigenvalue weighted by Crippen LogP contribution is -2.43. The van der Waals surface area contributed by atoms with Crippen LogP contribution in [0, 0.1) is 11.6 Å². The van der Waals surface area contributed by atoms with Gasteiger partial charge in [-0.2, -0.15) is 5.10 Å². The number of carbonyl (C=O) groups is 1. The number of nitrogens with one attached hydrogen (secondary N) is 1. The smallest absolute Gasteiger partial charge is 0.335 e. The van der Waals surface area contributed by atoms with E-state index >= 15 is 0 Å². The number of halogens is 2. The highest BCUT2D eigenvalue weighted by Gasteiger charge is 2.31. The minimum absolute atomic E-state index is 0.0825. The third kappa shape index (κ3) is 3.16. The van der Waals surface area contributed by atoms with Crippen LogP contribution in [-0.2, 0) is 0 Å². The lowest BCUT2D eigenvalue weighted by Gasteiger charge is -2.43. The Balaban J connectivity index is 1.67. The van der Waals surface area contributed by atoms with E-state index in [1.165, 1.54) is 6.07 Å². The van der Waals surface area contributed by atoms with E-state index in [2.05, 4.69) is 15.1 Å². The Morgan fingerprint density at radius 3 is 2.48 bits per heavy atom. The largest absolute Gasteiger partial charge is 0.478 e. The van der Waals surface area contributed by atoms with Crippen LogP contribution in [0.5, 0.6) is 0 Å². The van der Waals surface area contributed by atoms with Gasteiger partial charge >= 0.3 is 5.97 Å². The number of carboxylic acid groups (broad SMARTS) is 1. The summed E-state index contributed by atoms with van der Waals surface area (Å²) in [5.41, 5.74) is 4.11. The summed E-state index contributed by atoms with van der Waals surface area (Å²) in [5.74, 6) is -2.77. The van der Waals surface area contributed by atoms with Crippen LogP contribution in [0.4, 0.5) is 31.5 Å². The van der Waals surface area contributed by atoms with Crippen molar-refractivity contribution in [3.63, 3.8) is 0 Å². The molecular weight excluding hydrogens is 402 g/mol. The van der Waals surface area contributed by atoms with Crippen molar-refractivity contribution in [1.29, 1.82) is 0 Å². The molecule has 0 fully saturated rings. The monoisotopic (exact) mass is 420 g/mol. The van der Waals surface area contributed by atoms with Crippen LogP contribution in [0.25, 0.3) is 10.9 Å². The van der Waals surface area contributed by atoms with Crippen molar-refractivity contribution in [2.24, 2.45) is 0 Å². The summed E-state index contributed by atoms with van der Waals surface area (Å²) in [4.78, 5) is 15.3. The Bertz CT molecular complexity index is 1300. The van der Waals surface area contributed by atoms with E-state index in [4.69, 9.17) is 0 Å². The van der Waals surface area contributed by atoms with E-state index in [0.29, 0.717) is 12.2 Å². The maximum atomic E-state index is 14.0. The topological polar surface area (TPSA) is 72.5 Å². The molecule has 0 spiro atoms. The van der Waals surface area contributed by atoms with Crippen molar-refractivity contribution in [1.82, 2.24) is 10.2 Å². The summed E-state index contributed by atoms with van der Waals surface area (Å²) in [6.45, 7) is 2.56. The van der Waals surface area contributed by atoms with E-state index < -0.39 is 17.6 Å². The molecular formula is C23H18F2N4O2. The fourth-order valence-corrected chi connectivity index (χ4v) is 4.12. The first-order valence-corrected chi connectivity index (χ1v) is 9.74. The molecule has 31 heavy (non-hydrogen) atoms. The third-order valence-electron chi connectivity index (χ3n) is 5.58. The highest BCUT2D eigenvalue weighted by Crippen LogP contribution is 2.45. The number of aromatic nitrogens is 2. The Morgan fingerprint density at radius 2 is 1.77 bits per heavy atom. The molecule has 0 amide bonds. The standard InChI is InChI=1S/C23H18F2N4O2/c1-13-12-28(16-4-2-14(3-5-16)23(30)31)21-10-20-15(11-26-27-20)8-22(21)29(13)17-6-7-18(24)19(25)9-17/h2-11,13H,12H2,1H3,(H,26,27)(H,30,31). The number of rotatable bonds is 3. The normalized spacial score (nSPS) is 15.9. The van der Waals surface area contributed by atoms with Gasteiger partial charge in [0.1, 0.15) is 0 Å². The molecule has 3 aromatic carbocycles. The molecule has 1 aliphatic rings. The van der Waals surface area contributed by atoms with Crippen LogP contribution in [0.1, 0.15) is 17.3 Å². The maximum absolute atomic E-state index is 14.0. The fourth-order valence-electron chi connectivity index (χ4n) is 4.12. The number of aromatic carboxylic acids is 1. The van der Waals surface area contributed by atoms with E-state index in [-0.39, 0.29) is 11.6 Å². The van der Waals surface area contributed by atoms with Crippen molar-refractivity contribution < 1.29 is 18.7 Å². The number of hydrogen-bond donors (Lipinski definition) is 2. The fraction of sp³-hybridized carbons (Fsp3) is 0.130. The van der Waals surface area contributed by atoms with Crippen LogP contribution in [0.15, 0.2) is 60.8 Å². The zero-order valence-electron chi connectivity index (χ0n) is 16.5. The van der Waals surface area contributed by atoms with Gasteiger partial charge in [0, 0.05) is 35.4 Å². The lowest BCUT2D eigenvalue weighted by molar-refractivity contribution is 0.0697. The zero-order chi connectivity index (χ0) is 21.7. The van der Waals surface area contributed by atoms with E-state index in [9.17, 15) is 18.7 Å². The first-order valence-electron chi connectivity index (χ1n) is 9.74. The SMILES string of the molecule is CC1CN(c2ccc(C(=O)O)cc2)c2cc3[nH]ncc3cc2N1c1ccc(F)c(F)c1. The summed E-state index contributed by atoms with van der Waals surface area (Å²) in [6, 6.07) is 14.4. The molecule has 0 saturated carbocycles. The molecule has 0 saturated heterocycles. The first kappa shape index (κ1) is 19.0. The third-order valence-corrected chi connectivity index (χ3v) is 5.58. The number of fused-ring (bicyclic) bond motifs is 2. The van der Waals surface area contributed by atoms with Gasteiger partial charge in [-0.15, -0.1) is 0 Å². The van der Waals surface area contributed by atoms with E-state index in [1.807, 2.05) is 24.0 Å². The molecule has 2 N–H and O–H groups in total. The van der Waals surface area contributed by atoms with E-state index in [1.54, 1.807) is 36.5 Å². The lowest BCUT2D eigenvalue weighted by atomic mass is 10.0. The summed E-state index contributed by atoms with van der Waals surface area (Å²) in [5, 5.41) is 17.2. The minimum atomic E-state index is -0.984. The molecule has 1 aromatic heterocycles. The number of H-pyrrole nitrogens is 1. The second-order valence-electron chi connectivity index (χ2n) is 7.58. The average molecular weight is 420 g/mol. The average Bonchev–Trinajstić information content (AvgIpc) is 3.21. The molecule has 1 aliphatic heterocycles. The predicted molar refractivity (Wildman–Crippen MR) is 114 cm³/mol. The van der Waals surface area contributed by atoms with Crippen molar-refractivity contribution in [2.45, 2.75) is 13.0 Å². The zero-order valence-corrected chi connectivity index (χ0v) is 16.5. The van der Waals surface area contributed by atoms with Crippen LogP contribution in [0.3, 0.4) is 0 Å². The first-order chi connectivity index (χ1) is 14.9. The Morgan fingerprint density at radius 1 is 1.03 bits per heavy atom. The Labute approximate surface area is 176 Å². The van der Waals surface area contributed by atoms with Gasteiger partial charge in [0.2, 0.25) is 0 Å². The second-order valence-corrected chi connectivity index (χ2v) is 7.58. The van der Waals surface area contributed by atoms with Gasteiger partial charge in [-0.1, -0.05) is 0 Å². The van der Waals surface area contributed by atoms with Crippen LogP contribution >= 0.6 is 0 Å². The quantitative estimate of drug-likeness (QED) is 0.476. The molecule has 4 aromatic rings. The van der Waals surface area contributed by atoms with Gasteiger partial charge < -0.3 is 14.9 Å². The molecule has 1 atom stereocenters. The number of hydrogen-bond acceptors (Lipinski definition) is 4. The van der Waals surface area contributed by atoms with Crippen molar-refractivity contribution in [3.8, 4) is 0 Å². The molecule has 6 nitrogen and oxygen atoms in total. The Hall–Kier alpha value is -3.94. The summed E-state index contributed by atoms with van der Waals surface area (Å²) in [6.07, 6.45) is 1.71. The Kier molecular flexibility index (Phi) is 4.35. The van der Waals surface area contributed by atoms with Gasteiger partial charge in [0.05, 0.1) is 28.7 Å². The van der Waals surface area contributed by atoms with Gasteiger partial charge in [-0.05, 0) is 55.5 Å². The van der Waals surface area contributed by atoms with Crippen molar-refractivity contribution in [3.05, 3.63) is 78.0 Å². The number of benzene rings is 3. The van der Waals surface area contributed by atoms with Crippen molar-refractivity contribution in [2.75, 3.05) is 16.3 Å². The minimum Gasteiger partial charge on any atom is -0.478 e. The number of anilines is 4. The molecule has 1 unspecified atom stereocenters. The summed E-state index contributed by atoms with van der Waals surface area (Å²) < 4.78 is 27.6. The molecule has 5 rings (SSSR count). The highest BCUT2D eigenvalue weighted by molar-refractivity contribution is 5.95. The van der Waals surface area contributed by atoms with E-state index in [0.717, 1.165) is 34.0 Å². The predicted octanol–water partition coefficient (Wildman–Crippen LogP) is 5.22. The van der Waals surface area contributed by atoms with Gasteiger partial charge in [0.15, 0.2) is 11.6 Å². The van der Waals surface area contributed by atoms with Crippen molar-refractivity contribution >= 4 is 39.6 Å². The van der Waals surface area contributed by atoms with Crippen LogP contribution in [0.2, 0.25) is 0 Å². The molecule has 2 heterocycles. The summed E-state index contributed by atoms with van der Waals surface area (Å²) >= 11 is 0. The number of carboxylic acids is 1. The molecule has 0 radical (unpaired) electrons. The maximum Gasteiger partial charge on any atom is 0.335 e.